The molecule has 2 aromatic rings. The Bertz CT molecular complexity index is 1300. The minimum Gasteiger partial charge on any atom is -0.379 e. The average molecular weight is 578 g/mol. The molecule has 0 saturated carbocycles. The van der Waals surface area contributed by atoms with E-state index < -0.39 is 46.3 Å². The van der Waals surface area contributed by atoms with Gasteiger partial charge in [-0.25, -0.2) is 10.1 Å². The first-order valence-electron chi connectivity index (χ1n) is 12.5. The van der Waals surface area contributed by atoms with Crippen LogP contribution in [0.5, 0.6) is 0 Å². The van der Waals surface area contributed by atoms with E-state index >= 15 is 0 Å². The summed E-state index contributed by atoms with van der Waals surface area (Å²) in [6.07, 6.45) is -7.69. The van der Waals surface area contributed by atoms with Crippen molar-refractivity contribution in [3.8, 4) is 0 Å². The fourth-order valence-electron chi connectivity index (χ4n) is 4.92. The molecule has 1 unspecified atom stereocenters. The monoisotopic (exact) mass is 577 g/mol. The van der Waals surface area contributed by atoms with E-state index in [2.05, 4.69) is 20.7 Å². The number of ether oxygens (including phenoxy) is 1. The third-order valence-corrected chi connectivity index (χ3v) is 6.86. The van der Waals surface area contributed by atoms with E-state index in [4.69, 9.17) is 4.74 Å². The van der Waals surface area contributed by atoms with Crippen LogP contribution < -0.4 is 21.1 Å². The number of piperazine rings is 1. The topological polar surface area (TPSA) is 115 Å². The maximum absolute atomic E-state index is 13.2. The first-order valence-corrected chi connectivity index (χ1v) is 12.5. The minimum absolute atomic E-state index is 0.0156. The largest absolute Gasteiger partial charge is 0.423 e. The van der Waals surface area contributed by atoms with E-state index in [0.717, 1.165) is 18.5 Å². The molecular weight excluding hydrogens is 548 g/mol. The molecule has 40 heavy (non-hydrogen) atoms. The molecule has 0 radical (unpaired) electrons. The summed E-state index contributed by atoms with van der Waals surface area (Å²) < 4.78 is 84.6. The van der Waals surface area contributed by atoms with Crippen LogP contribution in [0.15, 0.2) is 23.3 Å². The second kappa shape index (κ2) is 10.8. The smallest absolute Gasteiger partial charge is 0.379 e. The molecule has 10 nitrogen and oxygen atoms in total. The van der Waals surface area contributed by atoms with E-state index in [0.29, 0.717) is 25.5 Å². The first-order chi connectivity index (χ1) is 18.6. The lowest BCUT2D eigenvalue weighted by Gasteiger charge is -2.53. The molecule has 0 aromatic carbocycles. The highest BCUT2D eigenvalue weighted by atomic mass is 19.4. The van der Waals surface area contributed by atoms with Crippen LogP contribution in [-0.4, -0.2) is 76.5 Å². The lowest BCUT2D eigenvalue weighted by atomic mass is 9.88. The van der Waals surface area contributed by atoms with Crippen molar-refractivity contribution in [3.63, 3.8) is 0 Å². The molecule has 0 spiro atoms. The van der Waals surface area contributed by atoms with Crippen molar-refractivity contribution in [2.75, 3.05) is 48.4 Å². The van der Waals surface area contributed by atoms with Gasteiger partial charge in [0.2, 0.25) is 5.91 Å². The number of hydrogen-bond donors (Lipinski definition) is 3. The van der Waals surface area contributed by atoms with Gasteiger partial charge in [-0.15, -0.1) is 0 Å². The van der Waals surface area contributed by atoms with Gasteiger partial charge in [-0.3, -0.25) is 9.59 Å². The lowest BCUT2D eigenvalue weighted by molar-refractivity contribution is -0.138. The van der Waals surface area contributed by atoms with Gasteiger partial charge in [0.25, 0.3) is 5.56 Å². The molecule has 1 fully saturated rings. The van der Waals surface area contributed by atoms with E-state index in [1.165, 1.54) is 0 Å². The van der Waals surface area contributed by atoms with Gasteiger partial charge in [-0.1, -0.05) is 0 Å². The summed E-state index contributed by atoms with van der Waals surface area (Å²) in [6, 6.07) is 0.168. The molecule has 2 aromatic heterocycles. The van der Waals surface area contributed by atoms with Crippen LogP contribution in [0.2, 0.25) is 0 Å². The zero-order valence-corrected chi connectivity index (χ0v) is 21.9. The number of aromatic amines is 1. The van der Waals surface area contributed by atoms with Gasteiger partial charge in [-0.2, -0.15) is 31.4 Å². The molecule has 3 N–H and O–H groups in total. The molecule has 0 aliphatic carbocycles. The number of nitrogens with one attached hydrogen (secondary N) is 3. The van der Waals surface area contributed by atoms with Gasteiger partial charge in [0.05, 0.1) is 54.4 Å². The normalized spacial score (nSPS) is 19.4. The quantitative estimate of drug-likeness (QED) is 0.339. The first kappa shape index (κ1) is 29.4. The third-order valence-electron chi connectivity index (χ3n) is 6.86. The zero-order valence-electron chi connectivity index (χ0n) is 21.9. The summed E-state index contributed by atoms with van der Waals surface area (Å²) in [6.45, 7) is 6.26. The van der Waals surface area contributed by atoms with Gasteiger partial charge in [0.1, 0.15) is 5.56 Å². The summed E-state index contributed by atoms with van der Waals surface area (Å²) in [5.74, 6) is 0.207. The van der Waals surface area contributed by atoms with Crippen LogP contribution in [0.4, 0.5) is 43.5 Å². The van der Waals surface area contributed by atoms with E-state index in [9.17, 15) is 35.9 Å². The predicted molar refractivity (Wildman–Crippen MR) is 133 cm³/mol. The van der Waals surface area contributed by atoms with Gasteiger partial charge >= 0.3 is 12.4 Å². The number of alkyl halides is 6. The Kier molecular flexibility index (Phi) is 7.93. The van der Waals surface area contributed by atoms with Crippen molar-refractivity contribution in [3.05, 3.63) is 39.9 Å². The molecule has 1 amide bonds. The third kappa shape index (κ3) is 6.26. The number of fused-ring (bicyclic) bond motifs is 3. The highest BCUT2D eigenvalue weighted by Crippen LogP contribution is 2.41. The highest BCUT2D eigenvalue weighted by molar-refractivity contribution is 5.78. The van der Waals surface area contributed by atoms with Crippen LogP contribution in [0.3, 0.4) is 0 Å². The van der Waals surface area contributed by atoms with Gasteiger partial charge in [-0.05, 0) is 26.8 Å². The van der Waals surface area contributed by atoms with Crippen LogP contribution in [0.25, 0.3) is 0 Å². The van der Waals surface area contributed by atoms with E-state index in [1.807, 2.05) is 18.7 Å². The molecule has 4 rings (SSSR count). The Labute approximate surface area is 225 Å². The van der Waals surface area contributed by atoms with Crippen molar-refractivity contribution in [1.29, 1.82) is 0 Å². The predicted octanol–water partition coefficient (Wildman–Crippen LogP) is 3.33. The molecule has 0 bridgehead atoms. The summed E-state index contributed by atoms with van der Waals surface area (Å²) >= 11 is 0. The van der Waals surface area contributed by atoms with Crippen molar-refractivity contribution < 1.29 is 35.9 Å². The Hall–Kier alpha value is -3.56. The number of carbonyl (C=O) groups excluding carboxylic acids is 1. The second-order valence-corrected chi connectivity index (χ2v) is 10.3. The molecule has 2 aliphatic heterocycles. The highest BCUT2D eigenvalue weighted by Gasteiger charge is 2.45. The van der Waals surface area contributed by atoms with Gasteiger partial charge in [0.15, 0.2) is 5.82 Å². The zero-order chi connectivity index (χ0) is 29.5. The number of amides is 1. The number of rotatable bonds is 7. The Morgan fingerprint density at radius 2 is 1.93 bits per heavy atom. The van der Waals surface area contributed by atoms with Crippen molar-refractivity contribution in [2.45, 2.75) is 57.2 Å². The summed E-state index contributed by atoms with van der Waals surface area (Å²) in [4.78, 5) is 32.1. The van der Waals surface area contributed by atoms with Crippen molar-refractivity contribution in [2.24, 2.45) is 0 Å². The average Bonchev–Trinajstić information content (AvgIpc) is 2.84. The number of nitrogens with zero attached hydrogens (tertiary/aromatic N) is 4. The van der Waals surface area contributed by atoms with Gasteiger partial charge < -0.3 is 25.2 Å². The number of H-pyrrole nitrogens is 1. The Balaban J connectivity index is 1.30. The van der Waals surface area contributed by atoms with Crippen molar-refractivity contribution in [1.82, 2.24) is 20.1 Å². The Morgan fingerprint density at radius 1 is 1.20 bits per heavy atom. The number of aromatic nitrogens is 3. The SMILES string of the molecule is CC(COCCC(=O)N1CCN2c3ncc(C(F)(F)F)cc3NC(C)(C)[C@H]2C1)Nc1cn[nH]c(=O)c1C(F)(F)F. The summed E-state index contributed by atoms with van der Waals surface area (Å²) in [7, 11) is 0. The number of pyridine rings is 1. The van der Waals surface area contributed by atoms with Crippen LogP contribution >= 0.6 is 0 Å². The molecule has 1 saturated heterocycles. The Morgan fingerprint density at radius 3 is 2.60 bits per heavy atom. The second-order valence-electron chi connectivity index (χ2n) is 10.3. The number of hydrogen-bond acceptors (Lipinski definition) is 8. The molecule has 2 aliphatic rings. The van der Waals surface area contributed by atoms with E-state index in [1.54, 1.807) is 16.9 Å². The number of anilines is 3. The molecule has 4 heterocycles. The summed E-state index contributed by atoms with van der Waals surface area (Å²) in [5.41, 5.74) is -4.46. The fourth-order valence-corrected chi connectivity index (χ4v) is 4.92. The number of carbonyl (C=O) groups is 1. The van der Waals surface area contributed by atoms with Crippen LogP contribution in [0.1, 0.15) is 38.3 Å². The fraction of sp³-hybridized carbons (Fsp3) is 0.583. The standard InChI is InChI=1S/C24H29F6N7O3/c1-13(33-16-10-32-35-21(39)19(16)24(28,29)30)12-40-7-4-18(38)36-5-6-37-17(11-36)22(2,3)34-15-8-14(23(25,26)27)9-31-20(15)37/h8-10,13,17,34H,4-7,11-12H2,1-3H3,(H2,33,35,39)/t13?,17-/m1/s1. The van der Waals surface area contributed by atoms with Crippen LogP contribution in [-0.2, 0) is 21.9 Å². The van der Waals surface area contributed by atoms with Crippen LogP contribution in [0, 0.1) is 0 Å². The molecule has 16 heteroatoms. The maximum atomic E-state index is 13.2. The lowest BCUT2D eigenvalue weighted by Crippen LogP contribution is -2.66. The van der Waals surface area contributed by atoms with Crippen molar-refractivity contribution >= 4 is 23.1 Å². The maximum Gasteiger partial charge on any atom is 0.423 e. The minimum atomic E-state index is -4.87. The number of halogens is 6. The summed E-state index contributed by atoms with van der Waals surface area (Å²) in [5, 5.41) is 10.9. The van der Waals surface area contributed by atoms with E-state index in [-0.39, 0.29) is 37.3 Å². The molecule has 2 atom stereocenters. The molecule has 220 valence electrons. The van der Waals surface area contributed by atoms with Gasteiger partial charge in [0, 0.05) is 31.9 Å². The molecular formula is C24H29F6N7O3.